The van der Waals surface area contributed by atoms with Crippen LogP contribution in [0.5, 0.6) is 0 Å². The average molecular weight is 283 g/mol. The molecule has 0 saturated carbocycles. The first-order valence-electron chi connectivity index (χ1n) is 7.65. The lowest BCUT2D eigenvalue weighted by Gasteiger charge is -2.34. The Balaban J connectivity index is 2.16. The van der Waals surface area contributed by atoms with Crippen LogP contribution in [0.2, 0.25) is 0 Å². The highest BCUT2D eigenvalue weighted by molar-refractivity contribution is 5.82. The molecule has 0 radical (unpaired) electrons. The normalized spacial score (nSPS) is 17.7. The molecule has 0 bridgehead atoms. The van der Waals surface area contributed by atoms with Crippen LogP contribution in [-0.4, -0.2) is 67.3 Å². The number of carbonyl (C=O) groups excluding carboxylic acids is 2. The Morgan fingerprint density at radius 2 is 1.50 bits per heavy atom. The summed E-state index contributed by atoms with van der Waals surface area (Å²) in [5.74, 6) is 0.613. The minimum atomic E-state index is 0.0499. The summed E-state index contributed by atoms with van der Waals surface area (Å²) in [4.78, 5) is 27.7. The lowest BCUT2D eigenvalue weighted by atomic mass is 10.1. The Bertz CT molecular complexity index is 321. The molecule has 1 saturated heterocycles. The molecule has 0 aromatic heterocycles. The highest BCUT2D eigenvalue weighted by Crippen LogP contribution is 2.04. The van der Waals surface area contributed by atoms with Gasteiger partial charge in [-0.05, 0) is 0 Å². The number of piperazine rings is 1. The second kappa shape index (κ2) is 8.37. The standard InChI is InChI=1S/C15H29N3O2/c1-12(2)14(19)11-18-9-7-17(8-10-18)6-5-16-15(20)13(3)4/h12-13H,5-11H2,1-4H3,(H,16,20). The predicted molar refractivity (Wildman–Crippen MR) is 80.6 cm³/mol. The number of ketones is 1. The van der Waals surface area contributed by atoms with Crippen molar-refractivity contribution in [2.45, 2.75) is 27.7 Å². The van der Waals surface area contributed by atoms with Crippen molar-refractivity contribution in [2.75, 3.05) is 45.8 Å². The van der Waals surface area contributed by atoms with Crippen LogP contribution in [0.3, 0.4) is 0 Å². The monoisotopic (exact) mass is 283 g/mol. The van der Waals surface area contributed by atoms with Gasteiger partial charge in [-0.2, -0.15) is 0 Å². The van der Waals surface area contributed by atoms with E-state index in [1.807, 2.05) is 27.7 Å². The van der Waals surface area contributed by atoms with Gasteiger partial charge in [-0.1, -0.05) is 27.7 Å². The van der Waals surface area contributed by atoms with Gasteiger partial charge in [0.15, 0.2) is 0 Å². The number of hydrogen-bond acceptors (Lipinski definition) is 4. The third-order valence-corrected chi connectivity index (χ3v) is 3.74. The molecule has 5 nitrogen and oxygen atoms in total. The van der Waals surface area contributed by atoms with Gasteiger partial charge < -0.3 is 5.32 Å². The van der Waals surface area contributed by atoms with Gasteiger partial charge in [-0.25, -0.2) is 0 Å². The summed E-state index contributed by atoms with van der Waals surface area (Å²) >= 11 is 0. The van der Waals surface area contributed by atoms with E-state index < -0.39 is 0 Å². The molecular formula is C15H29N3O2. The molecule has 0 aromatic carbocycles. The lowest BCUT2D eigenvalue weighted by molar-refractivity contribution is -0.124. The van der Waals surface area contributed by atoms with E-state index in [9.17, 15) is 9.59 Å². The predicted octanol–water partition coefficient (Wildman–Crippen LogP) is 0.601. The Morgan fingerprint density at radius 3 is 2.00 bits per heavy atom. The van der Waals surface area contributed by atoms with Crippen LogP contribution >= 0.6 is 0 Å². The van der Waals surface area contributed by atoms with Gasteiger partial charge in [-0.3, -0.25) is 19.4 Å². The number of carbonyl (C=O) groups is 2. The van der Waals surface area contributed by atoms with Crippen LogP contribution in [0.4, 0.5) is 0 Å². The minimum absolute atomic E-state index is 0.0499. The summed E-state index contributed by atoms with van der Waals surface area (Å²) in [5, 5.41) is 2.94. The molecule has 1 N–H and O–H groups in total. The first kappa shape index (κ1) is 17.1. The van der Waals surface area contributed by atoms with Crippen molar-refractivity contribution in [1.29, 1.82) is 0 Å². The largest absolute Gasteiger partial charge is 0.355 e. The maximum atomic E-state index is 11.7. The number of amides is 1. The Kier molecular flexibility index (Phi) is 7.16. The molecule has 1 amide bonds. The molecule has 1 heterocycles. The molecule has 0 unspecified atom stereocenters. The minimum Gasteiger partial charge on any atom is -0.355 e. The summed E-state index contributed by atoms with van der Waals surface area (Å²) in [6.07, 6.45) is 0. The van der Waals surface area contributed by atoms with Crippen molar-refractivity contribution in [2.24, 2.45) is 11.8 Å². The van der Waals surface area contributed by atoms with Crippen LogP contribution < -0.4 is 5.32 Å². The maximum Gasteiger partial charge on any atom is 0.222 e. The van der Waals surface area contributed by atoms with E-state index in [2.05, 4.69) is 15.1 Å². The van der Waals surface area contributed by atoms with Gasteiger partial charge in [0.2, 0.25) is 5.91 Å². The molecule has 0 atom stereocenters. The SMILES string of the molecule is CC(C)C(=O)CN1CCN(CCNC(=O)C(C)C)CC1. The molecular weight excluding hydrogens is 254 g/mol. The third kappa shape index (κ3) is 6.01. The van der Waals surface area contributed by atoms with Crippen molar-refractivity contribution in [3.05, 3.63) is 0 Å². The molecule has 0 aromatic rings. The van der Waals surface area contributed by atoms with Gasteiger partial charge in [-0.15, -0.1) is 0 Å². The summed E-state index contributed by atoms with van der Waals surface area (Å²) in [6.45, 7) is 13.7. The Hall–Kier alpha value is -0.940. The number of nitrogens with one attached hydrogen (secondary N) is 1. The molecule has 1 fully saturated rings. The van der Waals surface area contributed by atoms with E-state index >= 15 is 0 Å². The van der Waals surface area contributed by atoms with E-state index in [0.717, 1.165) is 32.7 Å². The van der Waals surface area contributed by atoms with Crippen molar-refractivity contribution >= 4 is 11.7 Å². The zero-order valence-electron chi connectivity index (χ0n) is 13.3. The number of rotatable bonds is 7. The molecule has 20 heavy (non-hydrogen) atoms. The van der Waals surface area contributed by atoms with E-state index in [-0.39, 0.29) is 17.7 Å². The highest BCUT2D eigenvalue weighted by atomic mass is 16.1. The van der Waals surface area contributed by atoms with Crippen molar-refractivity contribution in [3.63, 3.8) is 0 Å². The second-order valence-corrected chi connectivity index (χ2v) is 6.18. The van der Waals surface area contributed by atoms with Crippen molar-refractivity contribution in [1.82, 2.24) is 15.1 Å². The molecule has 0 spiro atoms. The van der Waals surface area contributed by atoms with Gasteiger partial charge in [0, 0.05) is 51.1 Å². The van der Waals surface area contributed by atoms with Gasteiger partial charge in [0.05, 0.1) is 6.54 Å². The average Bonchev–Trinajstić information content (AvgIpc) is 2.40. The Labute approximate surface area is 122 Å². The smallest absolute Gasteiger partial charge is 0.222 e. The van der Waals surface area contributed by atoms with Crippen LogP contribution in [0.25, 0.3) is 0 Å². The third-order valence-electron chi connectivity index (χ3n) is 3.74. The molecule has 116 valence electrons. The summed E-state index contributed by atoms with van der Waals surface area (Å²) in [6, 6.07) is 0. The zero-order chi connectivity index (χ0) is 15.1. The fraction of sp³-hybridized carbons (Fsp3) is 0.867. The number of Topliss-reactive ketones (excluding diaryl/α,β-unsaturated/α-hetero) is 1. The first-order valence-corrected chi connectivity index (χ1v) is 7.65. The molecule has 1 rings (SSSR count). The summed E-state index contributed by atoms with van der Waals surface area (Å²) in [7, 11) is 0. The Morgan fingerprint density at radius 1 is 0.950 bits per heavy atom. The van der Waals surface area contributed by atoms with Crippen LogP contribution in [0, 0.1) is 11.8 Å². The number of hydrogen-bond donors (Lipinski definition) is 1. The van der Waals surface area contributed by atoms with Crippen LogP contribution in [-0.2, 0) is 9.59 Å². The molecule has 5 heteroatoms. The quantitative estimate of drug-likeness (QED) is 0.743. The maximum absolute atomic E-state index is 11.7. The van der Waals surface area contributed by atoms with E-state index in [1.54, 1.807) is 0 Å². The molecule has 1 aliphatic rings. The molecule has 1 aliphatic heterocycles. The van der Waals surface area contributed by atoms with Gasteiger partial charge in [0.1, 0.15) is 5.78 Å². The van der Waals surface area contributed by atoms with Crippen LogP contribution in [0.15, 0.2) is 0 Å². The van der Waals surface area contributed by atoms with E-state index in [1.165, 1.54) is 0 Å². The van der Waals surface area contributed by atoms with Gasteiger partial charge >= 0.3 is 0 Å². The summed E-state index contributed by atoms with van der Waals surface area (Å²) in [5.41, 5.74) is 0. The molecule has 0 aliphatic carbocycles. The van der Waals surface area contributed by atoms with Crippen molar-refractivity contribution in [3.8, 4) is 0 Å². The number of nitrogens with zero attached hydrogens (tertiary/aromatic N) is 2. The lowest BCUT2D eigenvalue weighted by Crippen LogP contribution is -2.50. The van der Waals surface area contributed by atoms with E-state index in [4.69, 9.17) is 0 Å². The van der Waals surface area contributed by atoms with Crippen LogP contribution in [0.1, 0.15) is 27.7 Å². The highest BCUT2D eigenvalue weighted by Gasteiger charge is 2.19. The second-order valence-electron chi connectivity index (χ2n) is 6.18. The van der Waals surface area contributed by atoms with Gasteiger partial charge in [0.25, 0.3) is 0 Å². The fourth-order valence-corrected chi connectivity index (χ4v) is 2.12. The summed E-state index contributed by atoms with van der Waals surface area (Å²) < 4.78 is 0. The first-order chi connectivity index (χ1) is 9.40. The topological polar surface area (TPSA) is 52.7 Å². The van der Waals surface area contributed by atoms with E-state index in [0.29, 0.717) is 18.9 Å². The van der Waals surface area contributed by atoms with Crippen molar-refractivity contribution < 1.29 is 9.59 Å². The zero-order valence-corrected chi connectivity index (χ0v) is 13.3. The fourth-order valence-electron chi connectivity index (χ4n) is 2.12.